The third-order valence-electron chi connectivity index (χ3n) is 3.67. The Bertz CT molecular complexity index is 621. The molecule has 1 aliphatic carbocycles. The minimum atomic E-state index is 0.0362. The molecule has 1 saturated carbocycles. The van der Waals surface area contributed by atoms with E-state index in [-0.39, 0.29) is 11.7 Å². The summed E-state index contributed by atoms with van der Waals surface area (Å²) in [4.78, 5) is 16.7. The molecule has 0 spiro atoms. The maximum Gasteiger partial charge on any atom is 0.165 e. The standard InChI is InChI=1S/C15H18N2O/c1-9(2)14(18)11-6-7-13-12(8-11)16-15(17(13)3)10-4-5-10/h6-10H,4-5H2,1-3H3. The number of benzene rings is 1. The second-order valence-corrected chi connectivity index (χ2v) is 5.53. The van der Waals surface area contributed by atoms with Gasteiger partial charge in [-0.1, -0.05) is 13.8 Å². The van der Waals surface area contributed by atoms with Crippen molar-refractivity contribution in [1.82, 2.24) is 9.55 Å². The van der Waals surface area contributed by atoms with Crippen LogP contribution in [0.1, 0.15) is 48.8 Å². The highest BCUT2D eigenvalue weighted by molar-refractivity contribution is 6.00. The van der Waals surface area contributed by atoms with Crippen LogP contribution in [0.5, 0.6) is 0 Å². The Hall–Kier alpha value is -1.64. The molecular formula is C15H18N2O. The zero-order chi connectivity index (χ0) is 12.9. The Kier molecular flexibility index (Phi) is 2.51. The van der Waals surface area contributed by atoms with Gasteiger partial charge in [0.05, 0.1) is 11.0 Å². The maximum absolute atomic E-state index is 12.0. The van der Waals surface area contributed by atoms with Crippen LogP contribution in [0.15, 0.2) is 18.2 Å². The molecule has 18 heavy (non-hydrogen) atoms. The highest BCUT2D eigenvalue weighted by Gasteiger charge is 2.28. The lowest BCUT2D eigenvalue weighted by Crippen LogP contribution is -2.07. The summed E-state index contributed by atoms with van der Waals surface area (Å²) in [5, 5.41) is 0. The summed E-state index contributed by atoms with van der Waals surface area (Å²) in [7, 11) is 2.06. The van der Waals surface area contributed by atoms with Gasteiger partial charge in [-0.2, -0.15) is 0 Å². The summed E-state index contributed by atoms with van der Waals surface area (Å²) in [6.45, 7) is 3.86. The van der Waals surface area contributed by atoms with Crippen molar-refractivity contribution in [2.75, 3.05) is 0 Å². The van der Waals surface area contributed by atoms with Gasteiger partial charge < -0.3 is 4.57 Å². The zero-order valence-electron chi connectivity index (χ0n) is 11.1. The number of carbonyl (C=O) groups is 1. The van der Waals surface area contributed by atoms with Crippen LogP contribution in [0, 0.1) is 5.92 Å². The summed E-state index contributed by atoms with van der Waals surface area (Å²) >= 11 is 0. The van der Waals surface area contributed by atoms with Crippen molar-refractivity contribution < 1.29 is 4.79 Å². The summed E-state index contributed by atoms with van der Waals surface area (Å²) in [6, 6.07) is 5.87. The first-order chi connectivity index (χ1) is 8.58. The molecule has 1 aliphatic rings. The van der Waals surface area contributed by atoms with E-state index in [0.717, 1.165) is 16.6 Å². The van der Waals surface area contributed by atoms with E-state index in [4.69, 9.17) is 0 Å². The molecule has 0 atom stereocenters. The van der Waals surface area contributed by atoms with Crippen molar-refractivity contribution in [3.8, 4) is 0 Å². The van der Waals surface area contributed by atoms with Gasteiger partial charge in [-0.05, 0) is 31.0 Å². The lowest BCUT2D eigenvalue weighted by Gasteiger charge is -2.04. The molecule has 1 fully saturated rings. The minimum Gasteiger partial charge on any atom is -0.331 e. The second-order valence-electron chi connectivity index (χ2n) is 5.53. The largest absolute Gasteiger partial charge is 0.331 e. The molecule has 0 amide bonds. The third kappa shape index (κ3) is 1.74. The smallest absolute Gasteiger partial charge is 0.165 e. The van der Waals surface area contributed by atoms with Crippen molar-refractivity contribution in [2.24, 2.45) is 13.0 Å². The van der Waals surface area contributed by atoms with E-state index in [0.29, 0.717) is 5.92 Å². The lowest BCUT2D eigenvalue weighted by molar-refractivity contribution is 0.0939. The van der Waals surface area contributed by atoms with Crippen molar-refractivity contribution in [3.05, 3.63) is 29.6 Å². The van der Waals surface area contributed by atoms with Crippen molar-refractivity contribution in [1.29, 1.82) is 0 Å². The van der Waals surface area contributed by atoms with Crippen LogP contribution >= 0.6 is 0 Å². The monoisotopic (exact) mass is 242 g/mol. The van der Waals surface area contributed by atoms with Gasteiger partial charge in [0.1, 0.15) is 5.82 Å². The number of imidazole rings is 1. The Labute approximate surface area is 107 Å². The van der Waals surface area contributed by atoms with Gasteiger partial charge in [0.15, 0.2) is 5.78 Å². The summed E-state index contributed by atoms with van der Waals surface area (Å²) in [6.07, 6.45) is 2.49. The molecule has 0 radical (unpaired) electrons. The van der Waals surface area contributed by atoms with Gasteiger partial charge in [0.25, 0.3) is 0 Å². The van der Waals surface area contributed by atoms with Crippen LogP contribution in [0.3, 0.4) is 0 Å². The topological polar surface area (TPSA) is 34.9 Å². The molecule has 0 aliphatic heterocycles. The van der Waals surface area contributed by atoms with E-state index in [1.165, 1.54) is 18.7 Å². The van der Waals surface area contributed by atoms with Gasteiger partial charge in [-0.3, -0.25) is 4.79 Å². The van der Waals surface area contributed by atoms with Crippen molar-refractivity contribution in [3.63, 3.8) is 0 Å². The average molecular weight is 242 g/mol. The molecule has 1 heterocycles. The van der Waals surface area contributed by atoms with Crippen molar-refractivity contribution >= 4 is 16.8 Å². The molecule has 94 valence electrons. The van der Waals surface area contributed by atoms with E-state index in [1.807, 2.05) is 32.0 Å². The number of fused-ring (bicyclic) bond motifs is 1. The maximum atomic E-state index is 12.0. The summed E-state index contributed by atoms with van der Waals surface area (Å²) < 4.78 is 2.16. The van der Waals surface area contributed by atoms with E-state index in [9.17, 15) is 4.79 Å². The quantitative estimate of drug-likeness (QED) is 0.774. The molecular weight excluding hydrogens is 224 g/mol. The normalized spacial score (nSPS) is 15.6. The number of carbonyl (C=O) groups excluding carboxylic acids is 1. The summed E-state index contributed by atoms with van der Waals surface area (Å²) in [5.41, 5.74) is 2.85. The first-order valence-electron chi connectivity index (χ1n) is 6.58. The Morgan fingerprint density at radius 3 is 2.72 bits per heavy atom. The molecule has 0 unspecified atom stereocenters. The Morgan fingerprint density at radius 1 is 1.39 bits per heavy atom. The SMILES string of the molecule is CC(C)C(=O)c1ccc2c(c1)nc(C1CC1)n2C. The predicted octanol–water partition coefficient (Wildman–Crippen LogP) is 3.29. The fourth-order valence-electron chi connectivity index (χ4n) is 2.41. The number of rotatable bonds is 3. The number of ketones is 1. The highest BCUT2D eigenvalue weighted by atomic mass is 16.1. The highest BCUT2D eigenvalue weighted by Crippen LogP contribution is 2.40. The molecule has 0 bridgehead atoms. The molecule has 0 saturated heterocycles. The zero-order valence-corrected chi connectivity index (χ0v) is 11.1. The van der Waals surface area contributed by atoms with Crippen LogP contribution < -0.4 is 0 Å². The molecule has 1 aromatic heterocycles. The molecule has 3 heteroatoms. The van der Waals surface area contributed by atoms with E-state index < -0.39 is 0 Å². The van der Waals surface area contributed by atoms with Gasteiger partial charge in [0, 0.05) is 24.4 Å². The number of nitrogens with zero attached hydrogens (tertiary/aromatic N) is 2. The number of aromatic nitrogens is 2. The Balaban J connectivity index is 2.09. The fraction of sp³-hybridized carbons (Fsp3) is 0.467. The molecule has 1 aromatic carbocycles. The van der Waals surface area contributed by atoms with Crippen LogP contribution in [-0.2, 0) is 7.05 Å². The molecule has 3 nitrogen and oxygen atoms in total. The van der Waals surface area contributed by atoms with E-state index in [1.54, 1.807) is 0 Å². The average Bonchev–Trinajstić information content (AvgIpc) is 3.14. The number of Topliss-reactive ketones (excluding diaryl/α,β-unsaturated/α-hetero) is 1. The molecule has 3 rings (SSSR count). The molecule has 2 aromatic rings. The van der Waals surface area contributed by atoms with Crippen LogP contribution in [0.25, 0.3) is 11.0 Å². The van der Waals surface area contributed by atoms with Gasteiger partial charge in [-0.15, -0.1) is 0 Å². The first-order valence-corrected chi connectivity index (χ1v) is 6.58. The lowest BCUT2D eigenvalue weighted by atomic mass is 10.0. The van der Waals surface area contributed by atoms with Crippen LogP contribution in [0.2, 0.25) is 0 Å². The van der Waals surface area contributed by atoms with Gasteiger partial charge >= 0.3 is 0 Å². The second kappa shape index (κ2) is 3.94. The minimum absolute atomic E-state index is 0.0362. The van der Waals surface area contributed by atoms with Gasteiger partial charge in [-0.25, -0.2) is 4.98 Å². The van der Waals surface area contributed by atoms with Gasteiger partial charge in [0.2, 0.25) is 0 Å². The van der Waals surface area contributed by atoms with Crippen LogP contribution in [0.4, 0.5) is 0 Å². The first kappa shape index (κ1) is 11.5. The number of aryl methyl sites for hydroxylation is 1. The Morgan fingerprint density at radius 2 is 2.11 bits per heavy atom. The fourth-order valence-corrected chi connectivity index (χ4v) is 2.41. The van der Waals surface area contributed by atoms with E-state index in [2.05, 4.69) is 16.6 Å². The number of hydrogen-bond acceptors (Lipinski definition) is 2. The van der Waals surface area contributed by atoms with Crippen LogP contribution in [-0.4, -0.2) is 15.3 Å². The number of hydrogen-bond donors (Lipinski definition) is 0. The summed E-state index contributed by atoms with van der Waals surface area (Å²) in [5.74, 6) is 2.02. The van der Waals surface area contributed by atoms with E-state index >= 15 is 0 Å². The third-order valence-corrected chi connectivity index (χ3v) is 3.67. The predicted molar refractivity (Wildman–Crippen MR) is 71.9 cm³/mol. The molecule has 0 N–H and O–H groups in total. The van der Waals surface area contributed by atoms with Crippen molar-refractivity contribution in [2.45, 2.75) is 32.6 Å².